The second kappa shape index (κ2) is 6.80. The summed E-state index contributed by atoms with van der Waals surface area (Å²) in [5.74, 6) is -0.347. The van der Waals surface area contributed by atoms with Gasteiger partial charge in [0.2, 0.25) is 0 Å². The summed E-state index contributed by atoms with van der Waals surface area (Å²) < 4.78 is 4.95. The fourth-order valence-electron chi connectivity index (χ4n) is 1.24. The van der Waals surface area contributed by atoms with Crippen molar-refractivity contribution in [3.63, 3.8) is 0 Å². The summed E-state index contributed by atoms with van der Waals surface area (Å²) in [5.41, 5.74) is 1.58. The molecule has 0 aliphatic heterocycles. The molecule has 0 heterocycles. The van der Waals surface area contributed by atoms with Gasteiger partial charge in [-0.1, -0.05) is 24.3 Å². The van der Waals surface area contributed by atoms with E-state index in [4.69, 9.17) is 9.84 Å². The number of ether oxygens (including phenoxy) is 1. The summed E-state index contributed by atoms with van der Waals surface area (Å²) in [7, 11) is 0. The minimum Gasteiger partial charge on any atom is -0.462 e. The first kappa shape index (κ1) is 12.5. The minimum absolute atomic E-state index is 0.0352. The first-order chi connectivity index (χ1) is 7.77. The molecular formula is C13H16O3. The Hall–Kier alpha value is -1.61. The van der Waals surface area contributed by atoms with Crippen LogP contribution in [-0.2, 0) is 4.74 Å². The molecule has 0 unspecified atom stereocenters. The normalized spacial score (nSPS) is 10.6. The van der Waals surface area contributed by atoms with Gasteiger partial charge in [0, 0.05) is 13.0 Å². The Bertz CT molecular complexity index is 352. The van der Waals surface area contributed by atoms with Gasteiger partial charge in [-0.25, -0.2) is 4.79 Å². The molecule has 86 valence electrons. The summed E-state index contributed by atoms with van der Waals surface area (Å²) in [6.45, 7) is 2.23. The molecule has 1 aromatic rings. The second-order valence-electron chi connectivity index (χ2n) is 3.34. The van der Waals surface area contributed by atoms with Crippen LogP contribution in [0.25, 0.3) is 6.08 Å². The Morgan fingerprint density at radius 3 is 2.62 bits per heavy atom. The molecule has 3 nitrogen and oxygen atoms in total. The van der Waals surface area contributed by atoms with Crippen LogP contribution in [0.2, 0.25) is 0 Å². The van der Waals surface area contributed by atoms with Crippen molar-refractivity contribution in [3.8, 4) is 0 Å². The van der Waals surface area contributed by atoms with Crippen molar-refractivity contribution in [1.29, 1.82) is 0 Å². The van der Waals surface area contributed by atoms with Crippen LogP contribution in [0, 0.1) is 0 Å². The summed E-state index contributed by atoms with van der Waals surface area (Å²) in [4.78, 5) is 11.5. The third-order valence-electron chi connectivity index (χ3n) is 2.04. The molecular weight excluding hydrogens is 204 g/mol. The molecule has 1 rings (SSSR count). The first-order valence-electron chi connectivity index (χ1n) is 5.28. The number of aliphatic hydroxyl groups excluding tert-OH is 1. The molecule has 0 aromatic heterocycles. The molecule has 0 radical (unpaired) electrons. The Kier molecular flexibility index (Phi) is 5.29. The molecule has 0 spiro atoms. The fourth-order valence-corrected chi connectivity index (χ4v) is 1.24. The van der Waals surface area contributed by atoms with Gasteiger partial charge in [-0.3, -0.25) is 0 Å². The van der Waals surface area contributed by atoms with E-state index in [1.54, 1.807) is 12.1 Å². The van der Waals surface area contributed by atoms with Gasteiger partial charge in [-0.05, 0) is 24.6 Å². The molecule has 0 fully saturated rings. The van der Waals surface area contributed by atoms with E-state index < -0.39 is 0 Å². The van der Waals surface area contributed by atoms with E-state index in [0.717, 1.165) is 5.56 Å². The van der Waals surface area contributed by atoms with Crippen LogP contribution in [0.3, 0.4) is 0 Å². The fraction of sp³-hybridized carbons (Fsp3) is 0.308. The average molecular weight is 220 g/mol. The molecule has 16 heavy (non-hydrogen) atoms. The van der Waals surface area contributed by atoms with E-state index in [1.807, 2.05) is 31.2 Å². The minimum atomic E-state index is -0.347. The van der Waals surface area contributed by atoms with Crippen molar-refractivity contribution in [2.75, 3.05) is 13.2 Å². The number of carbonyl (C=O) groups excluding carboxylic acids is 1. The van der Waals surface area contributed by atoms with Crippen LogP contribution in [0.4, 0.5) is 0 Å². The SMILES string of the molecule is CC=Cc1ccc(C(=O)OCCCO)cc1. The van der Waals surface area contributed by atoms with Gasteiger partial charge < -0.3 is 9.84 Å². The molecule has 0 aliphatic carbocycles. The zero-order chi connectivity index (χ0) is 11.8. The summed E-state index contributed by atoms with van der Waals surface area (Å²) >= 11 is 0. The highest BCUT2D eigenvalue weighted by Crippen LogP contribution is 2.07. The lowest BCUT2D eigenvalue weighted by Gasteiger charge is -2.03. The Balaban J connectivity index is 2.56. The van der Waals surface area contributed by atoms with Crippen molar-refractivity contribution in [2.45, 2.75) is 13.3 Å². The Morgan fingerprint density at radius 1 is 1.38 bits per heavy atom. The number of carbonyl (C=O) groups is 1. The van der Waals surface area contributed by atoms with Gasteiger partial charge in [-0.15, -0.1) is 0 Å². The van der Waals surface area contributed by atoms with Crippen molar-refractivity contribution in [3.05, 3.63) is 41.5 Å². The molecule has 0 saturated carbocycles. The maximum absolute atomic E-state index is 11.5. The zero-order valence-electron chi connectivity index (χ0n) is 9.35. The lowest BCUT2D eigenvalue weighted by molar-refractivity contribution is 0.0482. The monoisotopic (exact) mass is 220 g/mol. The van der Waals surface area contributed by atoms with E-state index in [9.17, 15) is 4.79 Å². The predicted octanol–water partition coefficient (Wildman–Crippen LogP) is 2.26. The summed E-state index contributed by atoms with van der Waals surface area (Å²) in [6.07, 6.45) is 4.37. The summed E-state index contributed by atoms with van der Waals surface area (Å²) in [6, 6.07) is 7.19. The number of hydrogen-bond donors (Lipinski definition) is 1. The Morgan fingerprint density at radius 2 is 2.06 bits per heavy atom. The van der Waals surface area contributed by atoms with E-state index >= 15 is 0 Å². The molecule has 1 N–H and O–H groups in total. The molecule has 3 heteroatoms. The average Bonchev–Trinajstić information content (AvgIpc) is 2.30. The van der Waals surface area contributed by atoms with Crippen molar-refractivity contribution < 1.29 is 14.6 Å². The van der Waals surface area contributed by atoms with E-state index in [-0.39, 0.29) is 19.2 Å². The topological polar surface area (TPSA) is 46.5 Å². The third kappa shape index (κ3) is 3.87. The van der Waals surface area contributed by atoms with Crippen LogP contribution in [-0.4, -0.2) is 24.3 Å². The molecule has 0 atom stereocenters. The number of allylic oxidation sites excluding steroid dienone is 1. The van der Waals surface area contributed by atoms with Gasteiger partial charge in [0.05, 0.1) is 12.2 Å². The van der Waals surface area contributed by atoms with Crippen molar-refractivity contribution in [1.82, 2.24) is 0 Å². The number of esters is 1. The molecule has 0 saturated heterocycles. The molecule has 0 amide bonds. The maximum atomic E-state index is 11.5. The predicted molar refractivity (Wildman–Crippen MR) is 63.1 cm³/mol. The van der Waals surface area contributed by atoms with Crippen LogP contribution >= 0.6 is 0 Å². The smallest absolute Gasteiger partial charge is 0.338 e. The lowest BCUT2D eigenvalue weighted by Crippen LogP contribution is -2.07. The molecule has 1 aromatic carbocycles. The van der Waals surface area contributed by atoms with Crippen molar-refractivity contribution in [2.24, 2.45) is 0 Å². The van der Waals surface area contributed by atoms with Crippen LogP contribution < -0.4 is 0 Å². The van der Waals surface area contributed by atoms with Crippen LogP contribution in [0.5, 0.6) is 0 Å². The first-order valence-corrected chi connectivity index (χ1v) is 5.28. The lowest BCUT2D eigenvalue weighted by atomic mass is 10.1. The largest absolute Gasteiger partial charge is 0.462 e. The zero-order valence-corrected chi connectivity index (χ0v) is 9.35. The number of hydrogen-bond acceptors (Lipinski definition) is 3. The quantitative estimate of drug-likeness (QED) is 0.611. The molecule has 0 aliphatic rings. The van der Waals surface area contributed by atoms with Gasteiger partial charge in [0.25, 0.3) is 0 Å². The third-order valence-corrected chi connectivity index (χ3v) is 2.04. The van der Waals surface area contributed by atoms with Gasteiger partial charge in [0.1, 0.15) is 0 Å². The Labute approximate surface area is 95.4 Å². The highest BCUT2D eigenvalue weighted by Gasteiger charge is 2.05. The highest BCUT2D eigenvalue weighted by molar-refractivity contribution is 5.89. The molecule has 0 bridgehead atoms. The van der Waals surface area contributed by atoms with Gasteiger partial charge >= 0.3 is 5.97 Å². The second-order valence-corrected chi connectivity index (χ2v) is 3.34. The van der Waals surface area contributed by atoms with E-state index in [2.05, 4.69) is 0 Å². The van der Waals surface area contributed by atoms with Gasteiger partial charge in [-0.2, -0.15) is 0 Å². The maximum Gasteiger partial charge on any atom is 0.338 e. The van der Waals surface area contributed by atoms with E-state index in [0.29, 0.717) is 12.0 Å². The van der Waals surface area contributed by atoms with Gasteiger partial charge in [0.15, 0.2) is 0 Å². The number of benzene rings is 1. The highest BCUT2D eigenvalue weighted by atomic mass is 16.5. The van der Waals surface area contributed by atoms with Crippen LogP contribution in [0.1, 0.15) is 29.3 Å². The number of rotatable bonds is 5. The summed E-state index contributed by atoms with van der Waals surface area (Å²) in [5, 5.41) is 8.55. The number of aliphatic hydroxyl groups is 1. The standard InChI is InChI=1S/C13H16O3/c1-2-4-11-5-7-12(8-6-11)13(15)16-10-3-9-14/h2,4-8,14H,3,9-10H2,1H3. The van der Waals surface area contributed by atoms with Crippen molar-refractivity contribution >= 4 is 12.0 Å². The van der Waals surface area contributed by atoms with E-state index in [1.165, 1.54) is 0 Å². The van der Waals surface area contributed by atoms with Crippen LogP contribution in [0.15, 0.2) is 30.3 Å².